The second-order valence-corrected chi connectivity index (χ2v) is 5.90. The van der Waals surface area contributed by atoms with E-state index in [0.29, 0.717) is 17.3 Å². The number of benzene rings is 1. The number of amides is 1. The van der Waals surface area contributed by atoms with Crippen molar-refractivity contribution in [2.75, 3.05) is 17.3 Å². The van der Waals surface area contributed by atoms with E-state index in [2.05, 4.69) is 10.3 Å². The molecule has 1 amide bonds. The zero-order chi connectivity index (χ0) is 17.3. The van der Waals surface area contributed by atoms with Crippen LogP contribution in [0, 0.1) is 5.92 Å². The van der Waals surface area contributed by atoms with Gasteiger partial charge in [0.05, 0.1) is 18.8 Å². The molecule has 1 aromatic heterocycles. The van der Waals surface area contributed by atoms with E-state index in [1.54, 1.807) is 19.4 Å². The zero-order valence-electron chi connectivity index (χ0n) is 13.9. The molecule has 0 bridgehead atoms. The van der Waals surface area contributed by atoms with Crippen molar-refractivity contribution in [1.29, 1.82) is 0 Å². The van der Waals surface area contributed by atoms with Crippen molar-refractivity contribution in [3.63, 3.8) is 0 Å². The molecule has 0 radical (unpaired) electrons. The van der Waals surface area contributed by atoms with Gasteiger partial charge in [-0.3, -0.25) is 9.69 Å². The lowest BCUT2D eigenvalue weighted by Crippen LogP contribution is -2.49. The number of carbonyl (C=O) groups excluding carboxylic acids is 1. The Balaban J connectivity index is 2.04. The Bertz CT molecular complexity index is 750. The van der Waals surface area contributed by atoms with E-state index in [1.165, 1.54) is 11.8 Å². The van der Waals surface area contributed by atoms with Crippen LogP contribution in [-0.2, 0) is 4.79 Å². The fourth-order valence-corrected chi connectivity index (χ4v) is 3.18. The van der Waals surface area contributed by atoms with Gasteiger partial charge in [-0.25, -0.2) is 4.98 Å². The van der Waals surface area contributed by atoms with Crippen molar-refractivity contribution >= 4 is 17.4 Å². The number of fused-ring (bicyclic) bond motifs is 1. The number of rotatable bonds is 3. The lowest BCUT2D eigenvalue weighted by Gasteiger charge is -2.42. The third kappa shape index (κ3) is 2.69. The zero-order valence-corrected chi connectivity index (χ0v) is 13.9. The van der Waals surface area contributed by atoms with Gasteiger partial charge in [0.1, 0.15) is 6.23 Å². The Kier molecular flexibility index (Phi) is 4.40. The Labute approximate surface area is 141 Å². The van der Waals surface area contributed by atoms with E-state index >= 15 is 0 Å². The van der Waals surface area contributed by atoms with E-state index in [1.807, 2.05) is 37.3 Å². The first-order chi connectivity index (χ1) is 11.5. The highest BCUT2D eigenvalue weighted by Crippen LogP contribution is 2.42. The largest absolute Gasteiger partial charge is 0.493 e. The number of methoxy groups -OCH3 is 1. The summed E-state index contributed by atoms with van der Waals surface area (Å²) in [5, 5.41) is 14.0. The minimum atomic E-state index is -0.912. The van der Waals surface area contributed by atoms with Crippen LogP contribution < -0.4 is 15.0 Å². The number of nitrogens with zero attached hydrogens (tertiary/aromatic N) is 2. The molecule has 3 atom stereocenters. The third-order valence-electron chi connectivity index (χ3n) is 4.41. The van der Waals surface area contributed by atoms with Crippen molar-refractivity contribution in [1.82, 2.24) is 4.98 Å². The Morgan fingerprint density at radius 2 is 2.04 bits per heavy atom. The highest BCUT2D eigenvalue weighted by Gasteiger charge is 2.39. The maximum atomic E-state index is 12.0. The summed E-state index contributed by atoms with van der Waals surface area (Å²) < 4.78 is 5.34. The van der Waals surface area contributed by atoms with Crippen LogP contribution in [0.3, 0.4) is 0 Å². The van der Waals surface area contributed by atoms with E-state index in [-0.39, 0.29) is 17.9 Å². The molecule has 1 aliphatic rings. The highest BCUT2D eigenvalue weighted by atomic mass is 16.5. The molecule has 3 rings (SSSR count). The van der Waals surface area contributed by atoms with Gasteiger partial charge in [0.2, 0.25) is 5.91 Å². The molecular formula is C18H21N3O3. The number of aliphatic hydroxyl groups is 1. The second kappa shape index (κ2) is 6.49. The van der Waals surface area contributed by atoms with Crippen molar-refractivity contribution in [3.05, 3.63) is 48.2 Å². The van der Waals surface area contributed by atoms with Crippen LogP contribution in [0.4, 0.5) is 11.5 Å². The molecule has 2 heterocycles. The molecule has 1 aliphatic heterocycles. The normalized spacial score (nSPS) is 22.7. The molecule has 0 saturated heterocycles. The molecule has 0 saturated carbocycles. The van der Waals surface area contributed by atoms with Crippen LogP contribution in [0.25, 0.3) is 0 Å². The van der Waals surface area contributed by atoms with Gasteiger partial charge in [-0.15, -0.1) is 0 Å². The topological polar surface area (TPSA) is 74.7 Å². The van der Waals surface area contributed by atoms with Crippen LogP contribution in [0.5, 0.6) is 5.75 Å². The van der Waals surface area contributed by atoms with Gasteiger partial charge in [0.25, 0.3) is 0 Å². The van der Waals surface area contributed by atoms with E-state index in [9.17, 15) is 9.90 Å². The molecule has 0 aliphatic carbocycles. The van der Waals surface area contributed by atoms with Crippen LogP contribution in [0.15, 0.2) is 42.6 Å². The monoisotopic (exact) mass is 327 g/mol. The first-order valence-corrected chi connectivity index (χ1v) is 7.87. The highest BCUT2D eigenvalue weighted by molar-refractivity contribution is 5.93. The number of hydrogen-bond acceptors (Lipinski definition) is 5. The minimum absolute atomic E-state index is 0.185. The first-order valence-electron chi connectivity index (χ1n) is 7.87. The van der Waals surface area contributed by atoms with Gasteiger partial charge in [-0.1, -0.05) is 25.1 Å². The fourth-order valence-electron chi connectivity index (χ4n) is 3.18. The molecule has 6 heteroatoms. The summed E-state index contributed by atoms with van der Waals surface area (Å²) in [6.07, 6.45) is 0.771. The molecule has 2 aromatic rings. The fraction of sp³-hybridized carbons (Fsp3) is 0.333. The van der Waals surface area contributed by atoms with Gasteiger partial charge in [0, 0.05) is 19.0 Å². The Morgan fingerprint density at radius 1 is 1.29 bits per heavy atom. The predicted octanol–water partition coefficient (Wildman–Crippen LogP) is 2.56. The Hall–Kier alpha value is -2.60. The van der Waals surface area contributed by atoms with Crippen molar-refractivity contribution in [2.24, 2.45) is 5.92 Å². The third-order valence-corrected chi connectivity index (χ3v) is 4.41. The van der Waals surface area contributed by atoms with Gasteiger partial charge in [-0.05, 0) is 23.8 Å². The first kappa shape index (κ1) is 16.3. The number of hydrogen-bond donors (Lipinski definition) is 2. The van der Waals surface area contributed by atoms with Gasteiger partial charge >= 0.3 is 0 Å². The molecule has 0 fully saturated rings. The molecule has 1 aromatic carbocycles. The SMILES string of the molecule is COc1cccnc1N[C@H]1c2ccccc2N(C(C)=O)[C@@H](O)[C@@H]1C. The maximum Gasteiger partial charge on any atom is 0.225 e. The summed E-state index contributed by atoms with van der Waals surface area (Å²) in [6.45, 7) is 3.37. The van der Waals surface area contributed by atoms with Crippen LogP contribution in [0.2, 0.25) is 0 Å². The standard InChI is InChI=1S/C18H21N3O3/c1-11-16(20-17-15(24-3)9-6-10-19-17)13-7-4-5-8-14(13)21(12(2)22)18(11)23/h4-11,16,18,23H,1-3H3,(H,19,20)/t11-,16-,18+/m1/s1. The Morgan fingerprint density at radius 3 is 2.75 bits per heavy atom. The van der Waals surface area contributed by atoms with E-state index < -0.39 is 6.23 Å². The van der Waals surface area contributed by atoms with Gasteiger partial charge in [-0.2, -0.15) is 0 Å². The summed E-state index contributed by atoms with van der Waals surface area (Å²) >= 11 is 0. The summed E-state index contributed by atoms with van der Waals surface area (Å²) in [4.78, 5) is 17.8. The number of anilines is 2. The van der Waals surface area contributed by atoms with E-state index in [0.717, 1.165) is 5.56 Å². The van der Waals surface area contributed by atoms with E-state index in [4.69, 9.17) is 4.74 Å². The summed E-state index contributed by atoms with van der Waals surface area (Å²) in [5.74, 6) is 0.826. The van der Waals surface area contributed by atoms with Crippen molar-refractivity contribution < 1.29 is 14.6 Å². The molecule has 0 spiro atoms. The summed E-state index contributed by atoms with van der Waals surface area (Å²) in [6, 6.07) is 11.0. The number of aliphatic hydroxyl groups excluding tert-OH is 1. The lowest BCUT2D eigenvalue weighted by molar-refractivity contribution is -0.119. The smallest absolute Gasteiger partial charge is 0.225 e. The number of nitrogens with one attached hydrogen (secondary N) is 1. The summed E-state index contributed by atoms with van der Waals surface area (Å²) in [5.41, 5.74) is 1.65. The lowest BCUT2D eigenvalue weighted by atomic mass is 9.86. The molecule has 24 heavy (non-hydrogen) atoms. The quantitative estimate of drug-likeness (QED) is 0.906. The molecule has 0 unspecified atom stereocenters. The van der Waals surface area contributed by atoms with Crippen LogP contribution in [-0.4, -0.2) is 29.3 Å². The molecule has 2 N–H and O–H groups in total. The number of ether oxygens (including phenoxy) is 1. The van der Waals surface area contributed by atoms with Gasteiger partial charge < -0.3 is 15.2 Å². The predicted molar refractivity (Wildman–Crippen MR) is 91.9 cm³/mol. The summed E-state index contributed by atoms with van der Waals surface area (Å²) in [7, 11) is 1.59. The molecular weight excluding hydrogens is 306 g/mol. The molecule has 126 valence electrons. The number of carbonyl (C=O) groups is 1. The van der Waals surface area contributed by atoms with Crippen LogP contribution in [0.1, 0.15) is 25.5 Å². The minimum Gasteiger partial charge on any atom is -0.493 e. The van der Waals surface area contributed by atoms with Crippen LogP contribution >= 0.6 is 0 Å². The molecule has 6 nitrogen and oxygen atoms in total. The van der Waals surface area contributed by atoms with Crippen molar-refractivity contribution in [3.8, 4) is 5.75 Å². The maximum absolute atomic E-state index is 12.0. The average Bonchev–Trinajstić information content (AvgIpc) is 2.59. The average molecular weight is 327 g/mol. The second-order valence-electron chi connectivity index (χ2n) is 5.90. The number of aromatic nitrogens is 1. The van der Waals surface area contributed by atoms with Crippen molar-refractivity contribution in [2.45, 2.75) is 26.1 Å². The number of para-hydroxylation sites is 1. The van der Waals surface area contributed by atoms with Gasteiger partial charge in [0.15, 0.2) is 11.6 Å². The number of pyridine rings is 1.